The summed E-state index contributed by atoms with van der Waals surface area (Å²) in [6.07, 6.45) is 0.0537. The molecule has 1 rings (SSSR count). The van der Waals surface area contributed by atoms with Crippen molar-refractivity contribution in [3.63, 3.8) is 0 Å². The number of rotatable bonds is 6. The highest BCUT2D eigenvalue weighted by Gasteiger charge is 2.12. The fourth-order valence-electron chi connectivity index (χ4n) is 1.27. The van der Waals surface area contributed by atoms with Gasteiger partial charge in [-0.05, 0) is 18.2 Å². The molecular formula is C12H16N2O5. The molecule has 1 atom stereocenters. The molecule has 0 aliphatic carbocycles. The van der Waals surface area contributed by atoms with Crippen molar-refractivity contribution >= 4 is 17.9 Å². The van der Waals surface area contributed by atoms with E-state index in [0.29, 0.717) is 11.4 Å². The fourth-order valence-corrected chi connectivity index (χ4v) is 1.27. The highest BCUT2D eigenvalue weighted by molar-refractivity contribution is 5.96. The van der Waals surface area contributed by atoms with Crippen molar-refractivity contribution in [1.29, 1.82) is 0 Å². The van der Waals surface area contributed by atoms with Crippen molar-refractivity contribution in [3.05, 3.63) is 23.8 Å². The Balaban J connectivity index is 2.93. The Hall–Kier alpha value is -2.12. The largest absolute Gasteiger partial charge is 0.497 e. The van der Waals surface area contributed by atoms with Gasteiger partial charge in [-0.1, -0.05) is 0 Å². The van der Waals surface area contributed by atoms with Crippen molar-refractivity contribution in [3.8, 4) is 5.75 Å². The summed E-state index contributed by atoms with van der Waals surface area (Å²) in [5, 5.41) is 21.4. The minimum atomic E-state index is -1.06. The monoisotopic (exact) mass is 268 g/mol. The van der Waals surface area contributed by atoms with Gasteiger partial charge in [0, 0.05) is 0 Å². The second kappa shape index (κ2) is 7.34. The van der Waals surface area contributed by atoms with Crippen LogP contribution in [0.5, 0.6) is 5.75 Å². The zero-order valence-corrected chi connectivity index (χ0v) is 10.7. The number of hydrazone groups is 1. The number of methoxy groups -OCH3 is 2. The van der Waals surface area contributed by atoms with Gasteiger partial charge in [-0.15, -0.1) is 0 Å². The number of benzene rings is 1. The Labute approximate surface area is 110 Å². The highest BCUT2D eigenvalue weighted by atomic mass is 16.5. The first-order chi connectivity index (χ1) is 9.12. The van der Waals surface area contributed by atoms with Crippen LogP contribution in [0.4, 0.5) is 5.69 Å². The molecule has 0 spiro atoms. The summed E-state index contributed by atoms with van der Waals surface area (Å²) in [6, 6.07) is 4.74. The van der Waals surface area contributed by atoms with Crippen LogP contribution in [0, 0.1) is 0 Å². The molecular weight excluding hydrogens is 252 g/mol. The standard InChI is InChI=1S/C12H16N2O5/c1-18-9-3-4-11(10(5-9)12(17)19-2)14-13-6-8(16)7-15/h3-6,8,14-16H,7H2,1-2H3/b13-6+. The number of carbonyl (C=O) groups is 1. The first-order valence-electron chi connectivity index (χ1n) is 5.46. The van der Waals surface area contributed by atoms with Crippen LogP contribution in [0.2, 0.25) is 0 Å². The van der Waals surface area contributed by atoms with Crippen LogP contribution in [0.3, 0.4) is 0 Å². The molecule has 0 heterocycles. The van der Waals surface area contributed by atoms with Gasteiger partial charge in [-0.2, -0.15) is 5.10 Å². The third kappa shape index (κ3) is 4.23. The van der Waals surface area contributed by atoms with E-state index in [-0.39, 0.29) is 5.56 Å². The Kier molecular flexibility index (Phi) is 5.77. The zero-order valence-electron chi connectivity index (χ0n) is 10.7. The van der Waals surface area contributed by atoms with Crippen LogP contribution < -0.4 is 10.2 Å². The molecule has 104 valence electrons. The molecule has 7 nitrogen and oxygen atoms in total. The zero-order chi connectivity index (χ0) is 14.3. The van der Waals surface area contributed by atoms with Gasteiger partial charge in [0.15, 0.2) is 0 Å². The molecule has 0 saturated heterocycles. The van der Waals surface area contributed by atoms with Crippen molar-refractivity contribution in [2.75, 3.05) is 26.3 Å². The predicted octanol–water partition coefficient (Wildman–Crippen LogP) is 0.233. The van der Waals surface area contributed by atoms with E-state index in [1.54, 1.807) is 12.1 Å². The lowest BCUT2D eigenvalue weighted by atomic mass is 10.1. The van der Waals surface area contributed by atoms with E-state index in [1.165, 1.54) is 20.3 Å². The molecule has 0 aliphatic heterocycles. The number of aliphatic hydroxyl groups excluding tert-OH is 2. The third-order valence-electron chi connectivity index (χ3n) is 2.25. The lowest BCUT2D eigenvalue weighted by Crippen LogP contribution is -2.14. The maximum absolute atomic E-state index is 11.6. The lowest BCUT2D eigenvalue weighted by molar-refractivity contribution is 0.0601. The number of nitrogens with one attached hydrogen (secondary N) is 1. The normalized spacial score (nSPS) is 12.2. The van der Waals surface area contributed by atoms with Crippen molar-refractivity contribution in [2.45, 2.75) is 6.10 Å². The Bertz CT molecular complexity index is 461. The quantitative estimate of drug-likeness (QED) is 0.388. The number of aliphatic hydroxyl groups is 2. The number of carbonyl (C=O) groups excluding carboxylic acids is 1. The molecule has 0 bridgehead atoms. The molecule has 1 aromatic rings. The average Bonchev–Trinajstić information content (AvgIpc) is 2.46. The molecule has 0 aliphatic rings. The average molecular weight is 268 g/mol. The van der Waals surface area contributed by atoms with Crippen LogP contribution in [-0.4, -0.2) is 49.3 Å². The molecule has 0 saturated carbocycles. The third-order valence-corrected chi connectivity index (χ3v) is 2.25. The van der Waals surface area contributed by atoms with Crippen LogP contribution in [0.15, 0.2) is 23.3 Å². The van der Waals surface area contributed by atoms with E-state index in [1.807, 2.05) is 0 Å². The number of hydrogen-bond acceptors (Lipinski definition) is 7. The first-order valence-corrected chi connectivity index (χ1v) is 5.46. The number of ether oxygens (including phenoxy) is 2. The number of hydrogen-bond donors (Lipinski definition) is 3. The molecule has 3 N–H and O–H groups in total. The molecule has 0 radical (unpaired) electrons. The van der Waals surface area contributed by atoms with E-state index in [4.69, 9.17) is 14.9 Å². The smallest absolute Gasteiger partial charge is 0.340 e. The summed E-state index contributed by atoms with van der Waals surface area (Å²) in [5.74, 6) is -0.0374. The summed E-state index contributed by atoms with van der Waals surface area (Å²) in [5.41, 5.74) is 3.23. The summed E-state index contributed by atoms with van der Waals surface area (Å²) in [7, 11) is 2.75. The maximum Gasteiger partial charge on any atom is 0.340 e. The molecule has 1 unspecified atom stereocenters. The first kappa shape index (κ1) is 14.9. The maximum atomic E-state index is 11.6. The van der Waals surface area contributed by atoms with Crippen LogP contribution in [0.1, 0.15) is 10.4 Å². The van der Waals surface area contributed by atoms with E-state index in [2.05, 4.69) is 15.3 Å². The van der Waals surface area contributed by atoms with Gasteiger partial charge in [0.05, 0.1) is 38.3 Å². The fraction of sp³-hybridized carbons (Fsp3) is 0.333. The number of nitrogens with zero attached hydrogens (tertiary/aromatic N) is 1. The molecule has 1 aromatic carbocycles. The SMILES string of the molecule is COC(=O)c1cc(OC)ccc1N/N=C/C(O)CO. The summed E-state index contributed by atoms with van der Waals surface area (Å²) in [4.78, 5) is 11.6. The molecule has 19 heavy (non-hydrogen) atoms. The summed E-state index contributed by atoms with van der Waals surface area (Å²) < 4.78 is 9.67. The van der Waals surface area contributed by atoms with Crippen molar-refractivity contribution in [2.24, 2.45) is 5.10 Å². The lowest BCUT2D eigenvalue weighted by Gasteiger charge is -2.09. The van der Waals surface area contributed by atoms with Gasteiger partial charge in [0.2, 0.25) is 0 Å². The van der Waals surface area contributed by atoms with E-state index < -0.39 is 18.7 Å². The minimum Gasteiger partial charge on any atom is -0.497 e. The Morgan fingerprint density at radius 2 is 2.26 bits per heavy atom. The van der Waals surface area contributed by atoms with Crippen LogP contribution in [-0.2, 0) is 4.74 Å². The minimum absolute atomic E-state index is 0.248. The number of anilines is 1. The van der Waals surface area contributed by atoms with Gasteiger partial charge in [0.25, 0.3) is 0 Å². The van der Waals surface area contributed by atoms with Crippen LogP contribution in [0.25, 0.3) is 0 Å². The second-order valence-corrected chi connectivity index (χ2v) is 3.54. The molecule has 0 amide bonds. The number of esters is 1. The predicted molar refractivity (Wildman–Crippen MR) is 69.5 cm³/mol. The van der Waals surface area contributed by atoms with Gasteiger partial charge in [-0.25, -0.2) is 4.79 Å². The molecule has 0 fully saturated rings. The summed E-state index contributed by atoms with van der Waals surface area (Å²) in [6.45, 7) is -0.433. The van der Waals surface area contributed by atoms with Gasteiger partial charge < -0.3 is 19.7 Å². The molecule has 0 aromatic heterocycles. The van der Waals surface area contributed by atoms with Crippen molar-refractivity contribution < 1.29 is 24.5 Å². The van der Waals surface area contributed by atoms with Gasteiger partial charge >= 0.3 is 5.97 Å². The summed E-state index contributed by atoms with van der Waals surface area (Å²) >= 11 is 0. The Morgan fingerprint density at radius 3 is 2.84 bits per heavy atom. The topological polar surface area (TPSA) is 100 Å². The van der Waals surface area contributed by atoms with Gasteiger partial charge in [-0.3, -0.25) is 5.43 Å². The Morgan fingerprint density at radius 1 is 1.53 bits per heavy atom. The van der Waals surface area contributed by atoms with E-state index >= 15 is 0 Å². The molecule has 7 heteroatoms. The van der Waals surface area contributed by atoms with Crippen LogP contribution >= 0.6 is 0 Å². The van der Waals surface area contributed by atoms with Gasteiger partial charge in [0.1, 0.15) is 11.9 Å². The van der Waals surface area contributed by atoms with Crippen molar-refractivity contribution in [1.82, 2.24) is 0 Å². The van der Waals surface area contributed by atoms with E-state index in [0.717, 1.165) is 6.21 Å². The highest BCUT2D eigenvalue weighted by Crippen LogP contribution is 2.22. The van der Waals surface area contributed by atoms with E-state index in [9.17, 15) is 4.79 Å². The second-order valence-electron chi connectivity index (χ2n) is 3.54.